The van der Waals surface area contributed by atoms with Crippen LogP contribution < -0.4 is 16.5 Å². The average Bonchev–Trinajstić information content (AvgIpc) is 3.13. The maximum absolute atomic E-state index is 15.6. The number of anilines is 2. The van der Waals surface area contributed by atoms with Gasteiger partial charge in [0.15, 0.2) is 11.6 Å². The number of hydrogen-bond acceptors (Lipinski definition) is 5. The summed E-state index contributed by atoms with van der Waals surface area (Å²) in [6, 6.07) is 1.72. The lowest BCUT2D eigenvalue weighted by atomic mass is 10.0. The number of fused-ring (bicyclic) bond motifs is 3. The van der Waals surface area contributed by atoms with Crippen molar-refractivity contribution >= 4 is 22.3 Å². The molecule has 1 fully saturated rings. The summed E-state index contributed by atoms with van der Waals surface area (Å²) in [6.07, 6.45) is 2.70. The fraction of sp³-hybridized carbons (Fsp3) is 0.545. The van der Waals surface area contributed by atoms with E-state index < -0.39 is 22.8 Å². The van der Waals surface area contributed by atoms with Gasteiger partial charge in [-0.25, -0.2) is 8.78 Å². The van der Waals surface area contributed by atoms with E-state index in [-0.39, 0.29) is 34.2 Å². The van der Waals surface area contributed by atoms with E-state index in [1.165, 1.54) is 0 Å². The Balaban J connectivity index is 0.00000124. The second-order valence-corrected chi connectivity index (χ2v) is 7.88. The second-order valence-electron chi connectivity index (χ2n) is 7.88. The van der Waals surface area contributed by atoms with Crippen molar-refractivity contribution in [3.05, 3.63) is 33.1 Å². The third kappa shape index (κ3) is 3.41. The molecule has 2 aliphatic rings. The molecule has 162 valence electrons. The van der Waals surface area contributed by atoms with Gasteiger partial charge >= 0.3 is 0 Å². The Bertz CT molecular complexity index is 1060. The number of halogens is 2. The molecule has 0 radical (unpaired) electrons. The largest absolute Gasteiger partial charge is 0.396 e. The number of likely N-dealkylation sites (tertiary alicyclic amines) is 1. The molecule has 0 amide bonds. The molecule has 30 heavy (non-hydrogen) atoms. The first kappa shape index (κ1) is 22.0. The Morgan fingerprint density at radius 1 is 1.17 bits per heavy atom. The zero-order chi connectivity index (χ0) is 22.2. The van der Waals surface area contributed by atoms with E-state index in [9.17, 15) is 10.1 Å². The van der Waals surface area contributed by atoms with Crippen LogP contribution in [0.1, 0.15) is 57.3 Å². The first-order valence-corrected chi connectivity index (χ1v) is 10.6. The SMILES string of the molecule is CC.CC1CCc2c(C#N)c(=O)c3c(N)c(F)c(NC4CCN(C)CC4)c(F)c3n21. The van der Waals surface area contributed by atoms with Crippen LogP contribution in [0.4, 0.5) is 20.2 Å². The fourth-order valence-electron chi connectivity index (χ4n) is 4.47. The number of rotatable bonds is 2. The summed E-state index contributed by atoms with van der Waals surface area (Å²) in [7, 11) is 2.01. The summed E-state index contributed by atoms with van der Waals surface area (Å²) in [5.74, 6) is -1.77. The normalized spacial score (nSPS) is 19.2. The van der Waals surface area contributed by atoms with Gasteiger partial charge in [-0.1, -0.05) is 13.8 Å². The lowest BCUT2D eigenvalue weighted by molar-refractivity contribution is 0.263. The highest BCUT2D eigenvalue weighted by Gasteiger charge is 2.32. The van der Waals surface area contributed by atoms with E-state index in [4.69, 9.17) is 5.73 Å². The van der Waals surface area contributed by atoms with Gasteiger partial charge in [0, 0.05) is 17.8 Å². The van der Waals surface area contributed by atoms with Gasteiger partial charge in [0.25, 0.3) is 0 Å². The number of nitrogens with two attached hydrogens (primary N) is 1. The molecule has 1 atom stereocenters. The quantitative estimate of drug-likeness (QED) is 0.727. The summed E-state index contributed by atoms with van der Waals surface area (Å²) in [5.41, 5.74) is 5.02. The average molecular weight is 418 g/mol. The van der Waals surface area contributed by atoms with Crippen molar-refractivity contribution in [1.82, 2.24) is 9.47 Å². The minimum Gasteiger partial charge on any atom is -0.396 e. The smallest absolute Gasteiger partial charge is 0.209 e. The molecule has 4 rings (SSSR count). The predicted octanol–water partition coefficient (Wildman–Crippen LogP) is 3.77. The van der Waals surface area contributed by atoms with Crippen molar-refractivity contribution in [2.75, 3.05) is 31.2 Å². The molecule has 6 nitrogen and oxygen atoms in total. The van der Waals surface area contributed by atoms with Crippen LogP contribution in [-0.4, -0.2) is 35.6 Å². The Labute approximate surface area is 175 Å². The lowest BCUT2D eigenvalue weighted by Crippen LogP contribution is -2.37. The zero-order valence-corrected chi connectivity index (χ0v) is 18.0. The van der Waals surface area contributed by atoms with Crippen molar-refractivity contribution in [3.63, 3.8) is 0 Å². The van der Waals surface area contributed by atoms with Gasteiger partial charge in [0.05, 0.1) is 16.6 Å². The van der Waals surface area contributed by atoms with Gasteiger partial charge in [-0.15, -0.1) is 0 Å². The molecule has 3 N–H and O–H groups in total. The number of hydrogen-bond donors (Lipinski definition) is 2. The fourth-order valence-corrected chi connectivity index (χ4v) is 4.47. The molecule has 0 aliphatic carbocycles. The van der Waals surface area contributed by atoms with Crippen LogP contribution in [0.25, 0.3) is 10.9 Å². The van der Waals surface area contributed by atoms with Crippen molar-refractivity contribution in [3.8, 4) is 6.07 Å². The van der Waals surface area contributed by atoms with Crippen molar-refractivity contribution in [2.45, 2.75) is 58.5 Å². The summed E-state index contributed by atoms with van der Waals surface area (Å²) in [6.45, 7) is 7.56. The molecule has 1 unspecified atom stereocenters. The summed E-state index contributed by atoms with van der Waals surface area (Å²) >= 11 is 0. The number of aromatic nitrogens is 1. The standard InChI is InChI=1S/C20H23F2N5O.C2H6/c1-10-3-4-13-12(9-23)20(28)14-17(24)15(21)18(16(22)19(14)27(10)13)25-11-5-7-26(2)8-6-11;1-2/h10-11,25H,3-8,24H2,1-2H3;1-2H3. The van der Waals surface area contributed by atoms with E-state index in [2.05, 4.69) is 10.2 Å². The van der Waals surface area contributed by atoms with Crippen LogP contribution in [0.3, 0.4) is 0 Å². The third-order valence-corrected chi connectivity index (χ3v) is 6.08. The molecule has 0 spiro atoms. The Kier molecular flexibility index (Phi) is 6.32. The molecular formula is C22H29F2N5O. The minimum atomic E-state index is -0.962. The van der Waals surface area contributed by atoms with Crippen molar-refractivity contribution < 1.29 is 8.78 Å². The number of nitriles is 1. The maximum atomic E-state index is 15.6. The van der Waals surface area contributed by atoms with Crippen LogP contribution in [0, 0.1) is 23.0 Å². The molecule has 1 aromatic heterocycles. The lowest BCUT2D eigenvalue weighted by Gasteiger charge is -2.30. The number of nitrogens with one attached hydrogen (secondary N) is 1. The topological polar surface area (TPSA) is 87.1 Å². The van der Waals surface area contributed by atoms with E-state index in [0.29, 0.717) is 18.5 Å². The Hall–Kier alpha value is -2.66. The highest BCUT2D eigenvalue weighted by atomic mass is 19.1. The number of benzene rings is 1. The number of pyridine rings is 1. The predicted molar refractivity (Wildman–Crippen MR) is 116 cm³/mol. The van der Waals surface area contributed by atoms with Crippen molar-refractivity contribution in [1.29, 1.82) is 5.26 Å². The van der Waals surface area contributed by atoms with Crippen LogP contribution in [0.2, 0.25) is 0 Å². The highest BCUT2D eigenvalue weighted by molar-refractivity contribution is 5.96. The molecule has 0 saturated carbocycles. The molecular weight excluding hydrogens is 388 g/mol. The minimum absolute atomic E-state index is 0.00155. The summed E-state index contributed by atoms with van der Waals surface area (Å²) in [5, 5.41) is 12.2. The van der Waals surface area contributed by atoms with Gasteiger partial charge < -0.3 is 20.5 Å². The van der Waals surface area contributed by atoms with E-state index in [1.807, 2.05) is 33.9 Å². The van der Waals surface area contributed by atoms with Crippen LogP contribution in [0.15, 0.2) is 4.79 Å². The van der Waals surface area contributed by atoms with Gasteiger partial charge in [-0.05, 0) is 52.7 Å². The first-order valence-electron chi connectivity index (χ1n) is 10.6. The summed E-state index contributed by atoms with van der Waals surface area (Å²) in [4.78, 5) is 15.0. The molecule has 3 heterocycles. The maximum Gasteiger partial charge on any atom is 0.209 e. The van der Waals surface area contributed by atoms with Gasteiger partial charge in [0.1, 0.15) is 17.3 Å². The van der Waals surface area contributed by atoms with Crippen LogP contribution in [0.5, 0.6) is 0 Å². The van der Waals surface area contributed by atoms with E-state index >= 15 is 8.78 Å². The summed E-state index contributed by atoms with van der Waals surface area (Å²) < 4.78 is 32.2. The van der Waals surface area contributed by atoms with Gasteiger partial charge in [-0.2, -0.15) is 5.26 Å². The van der Waals surface area contributed by atoms with Crippen LogP contribution >= 0.6 is 0 Å². The second kappa shape index (κ2) is 8.60. The van der Waals surface area contributed by atoms with Crippen molar-refractivity contribution in [2.24, 2.45) is 0 Å². The van der Waals surface area contributed by atoms with Crippen LogP contribution in [-0.2, 0) is 6.42 Å². The number of piperidine rings is 1. The molecule has 2 aliphatic heterocycles. The molecule has 2 aromatic rings. The number of nitrogen functional groups attached to an aromatic ring is 1. The van der Waals surface area contributed by atoms with E-state index in [1.54, 1.807) is 4.57 Å². The third-order valence-electron chi connectivity index (χ3n) is 6.08. The van der Waals surface area contributed by atoms with Gasteiger partial charge in [-0.3, -0.25) is 4.79 Å². The zero-order valence-electron chi connectivity index (χ0n) is 18.0. The molecule has 0 bridgehead atoms. The molecule has 1 saturated heterocycles. The van der Waals surface area contributed by atoms with Gasteiger partial charge in [0.2, 0.25) is 5.43 Å². The highest BCUT2D eigenvalue weighted by Crippen LogP contribution is 2.38. The molecule has 1 aromatic carbocycles. The Morgan fingerprint density at radius 2 is 1.80 bits per heavy atom. The number of nitrogens with zero attached hydrogens (tertiary/aromatic N) is 3. The monoisotopic (exact) mass is 417 g/mol. The van der Waals surface area contributed by atoms with E-state index in [0.717, 1.165) is 25.9 Å². The Morgan fingerprint density at radius 3 is 2.40 bits per heavy atom. The molecule has 8 heteroatoms. The first-order chi connectivity index (χ1) is 14.3.